The predicted octanol–water partition coefficient (Wildman–Crippen LogP) is 4.23. The van der Waals surface area contributed by atoms with E-state index in [1.807, 2.05) is 30.3 Å². The first-order valence-corrected chi connectivity index (χ1v) is 8.08. The first kappa shape index (κ1) is 15.8. The van der Waals surface area contributed by atoms with Crippen LogP contribution in [0.25, 0.3) is 0 Å². The third-order valence-corrected chi connectivity index (χ3v) is 4.19. The van der Waals surface area contributed by atoms with E-state index in [0.29, 0.717) is 11.6 Å². The second-order valence-electron chi connectivity index (χ2n) is 5.48. The molecule has 23 heavy (non-hydrogen) atoms. The van der Waals surface area contributed by atoms with Crippen molar-refractivity contribution >= 4 is 11.6 Å². The molecular formula is C19H19ClN2O. The second-order valence-corrected chi connectivity index (χ2v) is 5.92. The van der Waals surface area contributed by atoms with E-state index in [-0.39, 0.29) is 0 Å². The Morgan fingerprint density at radius 1 is 1.09 bits per heavy atom. The van der Waals surface area contributed by atoms with Crippen LogP contribution in [0.3, 0.4) is 0 Å². The van der Waals surface area contributed by atoms with E-state index in [4.69, 9.17) is 11.6 Å². The zero-order valence-electron chi connectivity index (χ0n) is 13.0. The van der Waals surface area contributed by atoms with Gasteiger partial charge in [0, 0.05) is 18.0 Å². The third-order valence-electron chi connectivity index (χ3n) is 3.93. The number of nitrogens with zero attached hydrogens (tertiary/aromatic N) is 2. The number of halogens is 1. The van der Waals surface area contributed by atoms with Gasteiger partial charge in [-0.2, -0.15) is 0 Å². The molecule has 0 spiro atoms. The summed E-state index contributed by atoms with van der Waals surface area (Å²) in [6.07, 6.45) is 1.87. The molecule has 0 amide bonds. The number of aliphatic hydroxyl groups excluding tert-OH is 1. The zero-order valence-corrected chi connectivity index (χ0v) is 13.7. The Kier molecular flexibility index (Phi) is 4.79. The lowest BCUT2D eigenvalue weighted by Gasteiger charge is -2.16. The van der Waals surface area contributed by atoms with Crippen molar-refractivity contribution in [3.8, 4) is 0 Å². The van der Waals surface area contributed by atoms with Gasteiger partial charge in [-0.15, -0.1) is 0 Å². The molecule has 3 rings (SSSR count). The highest BCUT2D eigenvalue weighted by Gasteiger charge is 2.18. The van der Waals surface area contributed by atoms with Gasteiger partial charge in [0.1, 0.15) is 11.9 Å². The molecule has 0 aliphatic heterocycles. The van der Waals surface area contributed by atoms with Crippen LogP contribution in [-0.2, 0) is 13.0 Å². The summed E-state index contributed by atoms with van der Waals surface area (Å²) in [7, 11) is 0. The molecule has 0 unspecified atom stereocenters. The molecule has 0 saturated carbocycles. The van der Waals surface area contributed by atoms with Gasteiger partial charge in [-0.25, -0.2) is 4.98 Å². The molecule has 4 heteroatoms. The fraction of sp³-hybridized carbons (Fsp3) is 0.211. The molecule has 0 aliphatic carbocycles. The smallest absolute Gasteiger partial charge is 0.121 e. The van der Waals surface area contributed by atoms with Crippen LogP contribution in [-0.4, -0.2) is 14.7 Å². The van der Waals surface area contributed by atoms with Crippen LogP contribution in [0.2, 0.25) is 5.02 Å². The molecule has 3 nitrogen and oxygen atoms in total. The molecule has 2 aromatic carbocycles. The fourth-order valence-electron chi connectivity index (χ4n) is 2.69. The summed E-state index contributed by atoms with van der Waals surface area (Å²) in [5.74, 6) is 0.969. The largest absolute Gasteiger partial charge is 0.382 e. The second kappa shape index (κ2) is 6.99. The van der Waals surface area contributed by atoms with Crippen molar-refractivity contribution in [1.82, 2.24) is 9.55 Å². The van der Waals surface area contributed by atoms with Crippen LogP contribution < -0.4 is 0 Å². The number of aromatic nitrogens is 2. The van der Waals surface area contributed by atoms with E-state index in [1.165, 1.54) is 5.56 Å². The van der Waals surface area contributed by atoms with E-state index in [2.05, 4.69) is 28.6 Å². The Bertz CT molecular complexity index is 766. The summed E-state index contributed by atoms with van der Waals surface area (Å²) in [6, 6.07) is 17.5. The van der Waals surface area contributed by atoms with Crippen molar-refractivity contribution in [3.63, 3.8) is 0 Å². The summed E-state index contributed by atoms with van der Waals surface area (Å²) in [4.78, 5) is 4.47. The van der Waals surface area contributed by atoms with Gasteiger partial charge in [-0.05, 0) is 23.3 Å². The summed E-state index contributed by atoms with van der Waals surface area (Å²) in [5, 5.41) is 11.4. The summed E-state index contributed by atoms with van der Waals surface area (Å²) in [6.45, 7) is 2.77. The SMILES string of the molecule is CCc1ncc([C@H](O)c2ccc(Cl)cc2)n1Cc1ccccc1. The van der Waals surface area contributed by atoms with Crippen molar-refractivity contribution in [2.75, 3.05) is 0 Å². The van der Waals surface area contributed by atoms with E-state index < -0.39 is 6.10 Å². The molecule has 1 heterocycles. The highest BCUT2D eigenvalue weighted by atomic mass is 35.5. The lowest BCUT2D eigenvalue weighted by atomic mass is 10.1. The summed E-state index contributed by atoms with van der Waals surface area (Å²) in [5.41, 5.74) is 2.80. The maximum atomic E-state index is 10.7. The lowest BCUT2D eigenvalue weighted by molar-refractivity contribution is 0.210. The molecule has 0 saturated heterocycles. The van der Waals surface area contributed by atoms with Crippen LogP contribution >= 0.6 is 11.6 Å². The average Bonchev–Trinajstić information content (AvgIpc) is 2.98. The summed E-state index contributed by atoms with van der Waals surface area (Å²) < 4.78 is 2.09. The summed E-state index contributed by atoms with van der Waals surface area (Å²) >= 11 is 5.93. The molecule has 1 N–H and O–H groups in total. The van der Waals surface area contributed by atoms with Gasteiger partial charge in [-0.1, -0.05) is 61.0 Å². The molecule has 0 bridgehead atoms. The first-order valence-electron chi connectivity index (χ1n) is 7.70. The van der Waals surface area contributed by atoms with Crippen molar-refractivity contribution in [2.45, 2.75) is 26.0 Å². The highest BCUT2D eigenvalue weighted by molar-refractivity contribution is 6.30. The highest BCUT2D eigenvalue weighted by Crippen LogP contribution is 2.25. The van der Waals surface area contributed by atoms with Crippen LogP contribution in [0, 0.1) is 0 Å². The minimum atomic E-state index is -0.719. The van der Waals surface area contributed by atoms with Gasteiger partial charge in [0.25, 0.3) is 0 Å². The van der Waals surface area contributed by atoms with Crippen LogP contribution in [0.15, 0.2) is 60.8 Å². The Balaban J connectivity index is 1.96. The molecule has 0 fully saturated rings. The Morgan fingerprint density at radius 3 is 2.43 bits per heavy atom. The number of imidazole rings is 1. The van der Waals surface area contributed by atoms with Crippen molar-refractivity contribution in [3.05, 3.63) is 88.5 Å². The Labute approximate surface area is 141 Å². The van der Waals surface area contributed by atoms with Gasteiger partial charge >= 0.3 is 0 Å². The molecule has 0 aliphatic rings. The van der Waals surface area contributed by atoms with Crippen molar-refractivity contribution < 1.29 is 5.11 Å². The van der Waals surface area contributed by atoms with E-state index >= 15 is 0 Å². The lowest BCUT2D eigenvalue weighted by Crippen LogP contribution is -2.12. The zero-order chi connectivity index (χ0) is 16.2. The Morgan fingerprint density at radius 2 is 1.78 bits per heavy atom. The molecule has 1 aromatic heterocycles. The number of hydrogen-bond donors (Lipinski definition) is 1. The van der Waals surface area contributed by atoms with Crippen LogP contribution in [0.5, 0.6) is 0 Å². The van der Waals surface area contributed by atoms with Gasteiger partial charge in [-0.3, -0.25) is 0 Å². The third kappa shape index (κ3) is 3.46. The number of aliphatic hydroxyl groups is 1. The number of rotatable bonds is 5. The molecule has 118 valence electrons. The van der Waals surface area contributed by atoms with Gasteiger partial charge in [0.05, 0.1) is 11.9 Å². The van der Waals surface area contributed by atoms with Crippen LogP contribution in [0.1, 0.15) is 35.7 Å². The monoisotopic (exact) mass is 326 g/mol. The quantitative estimate of drug-likeness (QED) is 0.762. The first-order chi connectivity index (χ1) is 11.2. The molecule has 1 atom stereocenters. The normalized spacial score (nSPS) is 12.3. The number of benzene rings is 2. The predicted molar refractivity (Wildman–Crippen MR) is 92.7 cm³/mol. The topological polar surface area (TPSA) is 38.1 Å². The fourth-order valence-corrected chi connectivity index (χ4v) is 2.82. The minimum absolute atomic E-state index is 0.660. The maximum absolute atomic E-state index is 10.7. The van der Waals surface area contributed by atoms with E-state index in [0.717, 1.165) is 23.5 Å². The van der Waals surface area contributed by atoms with Crippen LogP contribution in [0.4, 0.5) is 0 Å². The minimum Gasteiger partial charge on any atom is -0.382 e. The van der Waals surface area contributed by atoms with E-state index in [1.54, 1.807) is 18.3 Å². The maximum Gasteiger partial charge on any atom is 0.121 e. The average molecular weight is 327 g/mol. The van der Waals surface area contributed by atoms with Crippen molar-refractivity contribution in [2.24, 2.45) is 0 Å². The van der Waals surface area contributed by atoms with E-state index in [9.17, 15) is 5.11 Å². The van der Waals surface area contributed by atoms with Gasteiger partial charge < -0.3 is 9.67 Å². The van der Waals surface area contributed by atoms with Gasteiger partial charge in [0.2, 0.25) is 0 Å². The van der Waals surface area contributed by atoms with Gasteiger partial charge in [0.15, 0.2) is 0 Å². The molecular weight excluding hydrogens is 308 g/mol. The standard InChI is InChI=1S/C19H19ClN2O/c1-2-18-21-12-17(19(23)15-8-10-16(20)11-9-15)22(18)13-14-6-4-3-5-7-14/h3-12,19,23H,2,13H2,1H3/t19-/m1/s1. The van der Waals surface area contributed by atoms with Crippen molar-refractivity contribution in [1.29, 1.82) is 0 Å². The molecule has 3 aromatic rings. The number of hydrogen-bond acceptors (Lipinski definition) is 2. The Hall–Kier alpha value is -2.10. The number of aryl methyl sites for hydroxylation is 1. The molecule has 0 radical (unpaired) electrons.